The number of hydrogen-bond acceptors (Lipinski definition) is 1. The van der Waals surface area contributed by atoms with Crippen LogP contribution in [0.5, 0.6) is 0 Å². The SMILES string of the molecule is CCCCCCCCCCCCC[C@@H]1CCC[C@@H](C)N1. The van der Waals surface area contributed by atoms with Crippen LogP contribution >= 0.6 is 0 Å². The summed E-state index contributed by atoms with van der Waals surface area (Å²) in [6.07, 6.45) is 21.7. The summed E-state index contributed by atoms with van der Waals surface area (Å²) in [4.78, 5) is 0. The minimum absolute atomic E-state index is 0.765. The van der Waals surface area contributed by atoms with Crippen LogP contribution in [-0.2, 0) is 0 Å². The molecule has 1 aliphatic heterocycles. The van der Waals surface area contributed by atoms with Gasteiger partial charge in [-0.05, 0) is 26.2 Å². The molecule has 1 saturated heterocycles. The van der Waals surface area contributed by atoms with Gasteiger partial charge < -0.3 is 5.32 Å². The first-order chi connectivity index (χ1) is 9.83. The van der Waals surface area contributed by atoms with Gasteiger partial charge in [0.05, 0.1) is 0 Å². The van der Waals surface area contributed by atoms with Crippen LogP contribution in [0.4, 0.5) is 0 Å². The van der Waals surface area contributed by atoms with Crippen LogP contribution in [0.3, 0.4) is 0 Å². The van der Waals surface area contributed by atoms with Crippen molar-refractivity contribution >= 4 is 0 Å². The van der Waals surface area contributed by atoms with Crippen LogP contribution in [0, 0.1) is 0 Å². The first-order valence-electron chi connectivity index (χ1n) is 9.59. The third-order valence-corrected chi connectivity index (χ3v) is 4.87. The van der Waals surface area contributed by atoms with Gasteiger partial charge in [0.1, 0.15) is 0 Å². The minimum Gasteiger partial charge on any atom is -0.312 e. The molecule has 1 rings (SSSR count). The zero-order chi connectivity index (χ0) is 14.5. The van der Waals surface area contributed by atoms with Crippen molar-refractivity contribution in [3.8, 4) is 0 Å². The van der Waals surface area contributed by atoms with Crippen molar-refractivity contribution in [3.05, 3.63) is 0 Å². The Labute approximate surface area is 128 Å². The van der Waals surface area contributed by atoms with E-state index in [1.54, 1.807) is 0 Å². The summed E-state index contributed by atoms with van der Waals surface area (Å²) < 4.78 is 0. The van der Waals surface area contributed by atoms with Gasteiger partial charge in [-0.1, -0.05) is 84.0 Å². The number of rotatable bonds is 12. The van der Waals surface area contributed by atoms with Gasteiger partial charge in [-0.3, -0.25) is 0 Å². The van der Waals surface area contributed by atoms with E-state index in [-0.39, 0.29) is 0 Å². The second-order valence-corrected chi connectivity index (χ2v) is 7.02. The van der Waals surface area contributed by atoms with Crippen molar-refractivity contribution in [3.63, 3.8) is 0 Å². The lowest BCUT2D eigenvalue weighted by molar-refractivity contribution is 0.314. The Morgan fingerprint density at radius 1 is 0.750 bits per heavy atom. The smallest absolute Gasteiger partial charge is 0.00695 e. The third kappa shape index (κ3) is 9.80. The molecule has 1 N–H and O–H groups in total. The fourth-order valence-corrected chi connectivity index (χ4v) is 3.52. The Kier molecular flexibility index (Phi) is 11.4. The second kappa shape index (κ2) is 12.7. The fraction of sp³-hybridized carbons (Fsp3) is 1.00. The molecule has 0 amide bonds. The highest BCUT2D eigenvalue weighted by atomic mass is 15.0. The number of nitrogens with one attached hydrogen (secondary N) is 1. The van der Waals surface area contributed by atoms with Crippen LogP contribution in [0.15, 0.2) is 0 Å². The van der Waals surface area contributed by atoms with Crippen molar-refractivity contribution in [1.29, 1.82) is 0 Å². The first kappa shape index (κ1) is 18.0. The molecule has 0 spiro atoms. The van der Waals surface area contributed by atoms with Crippen molar-refractivity contribution in [2.24, 2.45) is 0 Å². The van der Waals surface area contributed by atoms with Crippen molar-refractivity contribution in [2.45, 2.75) is 122 Å². The second-order valence-electron chi connectivity index (χ2n) is 7.02. The summed E-state index contributed by atoms with van der Waals surface area (Å²) >= 11 is 0. The minimum atomic E-state index is 0.765. The number of hydrogen-bond donors (Lipinski definition) is 1. The van der Waals surface area contributed by atoms with Gasteiger partial charge in [-0.15, -0.1) is 0 Å². The summed E-state index contributed by atoms with van der Waals surface area (Å²) in [6, 6.07) is 1.60. The third-order valence-electron chi connectivity index (χ3n) is 4.87. The van der Waals surface area contributed by atoms with Crippen LogP contribution < -0.4 is 5.32 Å². The molecule has 0 saturated carbocycles. The largest absolute Gasteiger partial charge is 0.312 e. The van der Waals surface area contributed by atoms with Crippen LogP contribution in [-0.4, -0.2) is 12.1 Å². The van der Waals surface area contributed by atoms with Crippen LogP contribution in [0.25, 0.3) is 0 Å². The molecule has 0 aliphatic carbocycles. The molecule has 0 aromatic rings. The van der Waals surface area contributed by atoms with E-state index >= 15 is 0 Å². The van der Waals surface area contributed by atoms with E-state index in [9.17, 15) is 0 Å². The number of unbranched alkanes of at least 4 members (excludes halogenated alkanes) is 10. The maximum atomic E-state index is 3.75. The highest BCUT2D eigenvalue weighted by molar-refractivity contribution is 4.77. The van der Waals surface area contributed by atoms with E-state index in [1.165, 1.54) is 96.3 Å². The molecule has 0 bridgehead atoms. The fourth-order valence-electron chi connectivity index (χ4n) is 3.52. The predicted octanol–water partition coefficient (Wildman–Crippen LogP) is 6.22. The molecular formula is C19H39N. The molecule has 20 heavy (non-hydrogen) atoms. The highest BCUT2D eigenvalue weighted by Crippen LogP contribution is 2.18. The van der Waals surface area contributed by atoms with Crippen LogP contribution in [0.2, 0.25) is 0 Å². The van der Waals surface area contributed by atoms with E-state index in [2.05, 4.69) is 19.2 Å². The molecule has 0 unspecified atom stereocenters. The van der Waals surface area contributed by atoms with Gasteiger partial charge in [0, 0.05) is 12.1 Å². The molecule has 120 valence electrons. The average Bonchev–Trinajstić information content (AvgIpc) is 2.45. The first-order valence-corrected chi connectivity index (χ1v) is 9.59. The van der Waals surface area contributed by atoms with E-state index < -0.39 is 0 Å². The molecular weight excluding hydrogens is 242 g/mol. The standard InChI is InChI=1S/C19H39N/c1-3-4-5-6-7-8-9-10-11-12-13-16-19-17-14-15-18(2)20-19/h18-20H,3-17H2,1-2H3/t18-,19-/m1/s1. The van der Waals surface area contributed by atoms with Gasteiger partial charge >= 0.3 is 0 Å². The Morgan fingerprint density at radius 3 is 1.85 bits per heavy atom. The van der Waals surface area contributed by atoms with Gasteiger partial charge in [0.2, 0.25) is 0 Å². The van der Waals surface area contributed by atoms with Gasteiger partial charge in [0.25, 0.3) is 0 Å². The predicted molar refractivity (Wildman–Crippen MR) is 91.3 cm³/mol. The summed E-state index contributed by atoms with van der Waals surface area (Å²) in [5.41, 5.74) is 0. The summed E-state index contributed by atoms with van der Waals surface area (Å²) in [7, 11) is 0. The van der Waals surface area contributed by atoms with Crippen molar-refractivity contribution < 1.29 is 0 Å². The Morgan fingerprint density at radius 2 is 1.30 bits per heavy atom. The topological polar surface area (TPSA) is 12.0 Å². The normalized spacial score (nSPS) is 23.1. The molecule has 2 atom stereocenters. The van der Waals surface area contributed by atoms with Gasteiger partial charge in [-0.25, -0.2) is 0 Å². The average molecular weight is 282 g/mol. The van der Waals surface area contributed by atoms with Crippen LogP contribution in [0.1, 0.15) is 110 Å². The zero-order valence-corrected chi connectivity index (χ0v) is 14.3. The molecule has 0 radical (unpaired) electrons. The lowest BCUT2D eigenvalue weighted by Gasteiger charge is -2.28. The summed E-state index contributed by atoms with van der Waals surface area (Å²) in [5.74, 6) is 0. The monoisotopic (exact) mass is 281 g/mol. The summed E-state index contributed by atoms with van der Waals surface area (Å²) in [6.45, 7) is 4.64. The zero-order valence-electron chi connectivity index (χ0n) is 14.3. The van der Waals surface area contributed by atoms with Crippen molar-refractivity contribution in [2.75, 3.05) is 0 Å². The van der Waals surface area contributed by atoms with E-state index in [1.807, 2.05) is 0 Å². The van der Waals surface area contributed by atoms with E-state index in [0.717, 1.165) is 12.1 Å². The quantitative estimate of drug-likeness (QED) is 0.419. The molecule has 1 heteroatoms. The Balaban J connectivity index is 1.76. The lowest BCUT2D eigenvalue weighted by atomic mass is 9.95. The van der Waals surface area contributed by atoms with Gasteiger partial charge in [-0.2, -0.15) is 0 Å². The van der Waals surface area contributed by atoms with Crippen molar-refractivity contribution in [1.82, 2.24) is 5.32 Å². The number of piperidine rings is 1. The van der Waals surface area contributed by atoms with E-state index in [4.69, 9.17) is 0 Å². The maximum Gasteiger partial charge on any atom is 0.00695 e. The molecule has 1 aliphatic rings. The lowest BCUT2D eigenvalue weighted by Crippen LogP contribution is -2.40. The molecule has 0 aromatic carbocycles. The molecule has 1 heterocycles. The molecule has 1 fully saturated rings. The maximum absolute atomic E-state index is 3.75. The molecule has 1 nitrogen and oxygen atoms in total. The molecule has 0 aromatic heterocycles. The van der Waals surface area contributed by atoms with Gasteiger partial charge in [0.15, 0.2) is 0 Å². The highest BCUT2D eigenvalue weighted by Gasteiger charge is 2.16. The Bertz CT molecular complexity index is 202. The summed E-state index contributed by atoms with van der Waals surface area (Å²) in [5, 5.41) is 3.75. The van der Waals surface area contributed by atoms with E-state index in [0.29, 0.717) is 0 Å². The Hall–Kier alpha value is -0.0400.